The van der Waals surface area contributed by atoms with Crippen LogP contribution in [0.5, 0.6) is 0 Å². The minimum Gasteiger partial charge on any atom is -0.507 e. The largest absolute Gasteiger partial charge is 0.507 e. The van der Waals surface area contributed by atoms with Crippen molar-refractivity contribution < 1.29 is 19.4 Å². The van der Waals surface area contributed by atoms with Crippen LogP contribution in [0.4, 0.5) is 5.69 Å². The van der Waals surface area contributed by atoms with Gasteiger partial charge in [0.15, 0.2) is 5.76 Å². The van der Waals surface area contributed by atoms with Crippen molar-refractivity contribution in [3.8, 4) is 0 Å². The number of aromatic amines is 1. The number of aryl methyl sites for hydroxylation is 2. The maximum atomic E-state index is 11.5. The Balaban J connectivity index is 3.09. The van der Waals surface area contributed by atoms with E-state index >= 15 is 0 Å². The second-order valence-corrected chi connectivity index (χ2v) is 3.70. The Morgan fingerprint density at radius 3 is 2.58 bits per heavy atom. The molecule has 1 heterocycles. The standard InChI is InChI=1S/C11H16N4O4/c1-6-9(7(2)13-12-6)14-15-10(11(17)19-4)8(16)5-18-3/h16H,5H2,1-4H3,(H,12,13). The SMILES string of the molecule is COCC(O)=C(N=Nc1c(C)n[nH]c1C)C(=O)OC. The summed E-state index contributed by atoms with van der Waals surface area (Å²) in [5.74, 6) is -1.14. The number of aliphatic hydroxyl groups is 1. The van der Waals surface area contributed by atoms with Crippen molar-refractivity contribution in [2.24, 2.45) is 10.2 Å². The number of hydrogen-bond donors (Lipinski definition) is 2. The Hall–Kier alpha value is -2.22. The van der Waals surface area contributed by atoms with Crippen LogP contribution >= 0.6 is 0 Å². The predicted molar refractivity (Wildman–Crippen MR) is 66.1 cm³/mol. The summed E-state index contributed by atoms with van der Waals surface area (Å²) < 4.78 is 9.25. The number of H-pyrrole nitrogens is 1. The highest BCUT2D eigenvalue weighted by atomic mass is 16.5. The fourth-order valence-electron chi connectivity index (χ4n) is 1.31. The second kappa shape index (κ2) is 6.64. The average Bonchev–Trinajstić information content (AvgIpc) is 2.70. The minimum absolute atomic E-state index is 0.160. The number of hydrogen-bond acceptors (Lipinski definition) is 7. The van der Waals surface area contributed by atoms with Gasteiger partial charge >= 0.3 is 5.97 Å². The van der Waals surface area contributed by atoms with Crippen molar-refractivity contribution >= 4 is 11.7 Å². The van der Waals surface area contributed by atoms with Gasteiger partial charge < -0.3 is 14.6 Å². The zero-order valence-electron chi connectivity index (χ0n) is 11.2. The summed E-state index contributed by atoms with van der Waals surface area (Å²) in [6, 6.07) is 0. The van der Waals surface area contributed by atoms with Gasteiger partial charge in [0.05, 0.1) is 18.5 Å². The summed E-state index contributed by atoms with van der Waals surface area (Å²) in [7, 11) is 2.57. The van der Waals surface area contributed by atoms with Gasteiger partial charge in [-0.25, -0.2) is 4.79 Å². The van der Waals surface area contributed by atoms with Gasteiger partial charge in [-0.3, -0.25) is 5.10 Å². The van der Waals surface area contributed by atoms with Crippen LogP contribution in [0.25, 0.3) is 0 Å². The Morgan fingerprint density at radius 1 is 1.42 bits per heavy atom. The van der Waals surface area contributed by atoms with Gasteiger partial charge in [-0.2, -0.15) is 5.10 Å². The number of nitrogens with one attached hydrogen (secondary N) is 1. The van der Waals surface area contributed by atoms with Gasteiger partial charge in [0.25, 0.3) is 0 Å². The molecule has 0 saturated heterocycles. The van der Waals surface area contributed by atoms with Crippen molar-refractivity contribution in [1.82, 2.24) is 10.2 Å². The van der Waals surface area contributed by atoms with E-state index in [0.29, 0.717) is 17.1 Å². The number of aromatic nitrogens is 2. The van der Waals surface area contributed by atoms with E-state index < -0.39 is 5.97 Å². The summed E-state index contributed by atoms with van der Waals surface area (Å²) >= 11 is 0. The number of ether oxygens (including phenoxy) is 2. The molecule has 0 spiro atoms. The second-order valence-electron chi connectivity index (χ2n) is 3.70. The quantitative estimate of drug-likeness (QED) is 0.365. The van der Waals surface area contributed by atoms with E-state index in [9.17, 15) is 9.90 Å². The molecule has 0 saturated carbocycles. The Kier molecular flexibility index (Phi) is 5.19. The highest BCUT2D eigenvalue weighted by Gasteiger charge is 2.16. The number of nitrogens with zero attached hydrogens (tertiary/aromatic N) is 3. The lowest BCUT2D eigenvalue weighted by Gasteiger charge is -2.03. The van der Waals surface area contributed by atoms with E-state index in [1.54, 1.807) is 13.8 Å². The van der Waals surface area contributed by atoms with Crippen LogP contribution in [-0.4, -0.2) is 42.1 Å². The van der Waals surface area contributed by atoms with Gasteiger partial charge in [-0.15, -0.1) is 10.2 Å². The first-order valence-corrected chi connectivity index (χ1v) is 5.44. The molecule has 0 amide bonds. The molecule has 1 aromatic heterocycles. The molecule has 1 aromatic rings. The zero-order valence-corrected chi connectivity index (χ0v) is 11.2. The number of carbonyl (C=O) groups is 1. The van der Waals surface area contributed by atoms with Crippen LogP contribution in [0.2, 0.25) is 0 Å². The highest BCUT2D eigenvalue weighted by molar-refractivity contribution is 5.88. The van der Waals surface area contributed by atoms with Crippen LogP contribution < -0.4 is 0 Å². The Bertz CT molecular complexity index is 499. The van der Waals surface area contributed by atoms with E-state index in [2.05, 4.69) is 25.2 Å². The van der Waals surface area contributed by atoms with E-state index in [1.165, 1.54) is 14.2 Å². The summed E-state index contributed by atoms with van der Waals surface area (Å²) in [5, 5.41) is 23.9. The molecule has 0 fully saturated rings. The predicted octanol–water partition coefficient (Wildman–Crippen LogP) is 1.70. The number of aliphatic hydroxyl groups excluding tert-OH is 1. The molecule has 8 nitrogen and oxygen atoms in total. The van der Waals surface area contributed by atoms with Gasteiger partial charge in [0.1, 0.15) is 12.3 Å². The smallest absolute Gasteiger partial charge is 0.362 e. The van der Waals surface area contributed by atoms with Gasteiger partial charge in [-0.05, 0) is 13.8 Å². The third kappa shape index (κ3) is 3.62. The molecule has 0 aromatic carbocycles. The number of carbonyl (C=O) groups excluding carboxylic acids is 1. The lowest BCUT2D eigenvalue weighted by molar-refractivity contribution is -0.136. The van der Waals surface area contributed by atoms with Crippen LogP contribution in [0.3, 0.4) is 0 Å². The molecule has 0 aliphatic rings. The zero-order chi connectivity index (χ0) is 14.4. The third-order valence-corrected chi connectivity index (χ3v) is 2.27. The average molecular weight is 268 g/mol. The normalized spacial score (nSPS) is 12.6. The maximum Gasteiger partial charge on any atom is 0.362 e. The molecular formula is C11H16N4O4. The monoisotopic (exact) mass is 268 g/mol. The van der Waals surface area contributed by atoms with Gasteiger partial charge in [0.2, 0.25) is 5.70 Å². The minimum atomic E-state index is -0.794. The Morgan fingerprint density at radius 2 is 2.11 bits per heavy atom. The number of rotatable bonds is 5. The van der Waals surface area contributed by atoms with Crippen molar-refractivity contribution in [2.75, 3.05) is 20.8 Å². The summed E-state index contributed by atoms with van der Waals surface area (Å²) in [6.45, 7) is 3.35. The lowest BCUT2D eigenvalue weighted by Crippen LogP contribution is -2.08. The molecule has 8 heteroatoms. The van der Waals surface area contributed by atoms with E-state index in [0.717, 1.165) is 0 Å². The first-order chi connectivity index (χ1) is 9.01. The molecule has 104 valence electrons. The molecule has 19 heavy (non-hydrogen) atoms. The van der Waals surface area contributed by atoms with Crippen LogP contribution in [0, 0.1) is 13.8 Å². The van der Waals surface area contributed by atoms with Crippen molar-refractivity contribution in [1.29, 1.82) is 0 Å². The van der Waals surface area contributed by atoms with Crippen molar-refractivity contribution in [3.05, 3.63) is 22.8 Å². The van der Waals surface area contributed by atoms with Gasteiger partial charge in [0, 0.05) is 7.11 Å². The van der Waals surface area contributed by atoms with E-state index in [1.807, 2.05) is 0 Å². The van der Waals surface area contributed by atoms with Crippen LogP contribution in [-0.2, 0) is 14.3 Å². The fraction of sp³-hybridized carbons (Fsp3) is 0.455. The van der Waals surface area contributed by atoms with E-state index in [-0.39, 0.29) is 18.1 Å². The first kappa shape index (κ1) is 14.8. The molecule has 0 atom stereocenters. The highest BCUT2D eigenvalue weighted by Crippen LogP contribution is 2.22. The van der Waals surface area contributed by atoms with Crippen molar-refractivity contribution in [3.63, 3.8) is 0 Å². The third-order valence-electron chi connectivity index (χ3n) is 2.27. The molecule has 1 rings (SSSR count). The van der Waals surface area contributed by atoms with Crippen LogP contribution in [0.1, 0.15) is 11.4 Å². The van der Waals surface area contributed by atoms with Crippen molar-refractivity contribution in [2.45, 2.75) is 13.8 Å². The van der Waals surface area contributed by atoms with Crippen LogP contribution in [0.15, 0.2) is 21.7 Å². The topological polar surface area (TPSA) is 109 Å². The summed E-state index contributed by atoms with van der Waals surface area (Å²) in [4.78, 5) is 11.5. The number of methoxy groups -OCH3 is 2. The summed E-state index contributed by atoms with van der Waals surface area (Å²) in [6.07, 6.45) is 0. The Labute approximate surface area is 110 Å². The number of esters is 1. The first-order valence-electron chi connectivity index (χ1n) is 5.44. The molecule has 0 aliphatic carbocycles. The fourth-order valence-corrected chi connectivity index (χ4v) is 1.31. The number of azo groups is 1. The maximum absolute atomic E-state index is 11.5. The van der Waals surface area contributed by atoms with E-state index in [4.69, 9.17) is 4.74 Å². The summed E-state index contributed by atoms with van der Waals surface area (Å²) in [5.41, 5.74) is 1.55. The molecule has 0 unspecified atom stereocenters. The lowest BCUT2D eigenvalue weighted by atomic mass is 10.3. The molecule has 0 bridgehead atoms. The molecule has 0 radical (unpaired) electrons. The molecular weight excluding hydrogens is 252 g/mol. The molecule has 0 aliphatic heterocycles. The molecule has 2 N–H and O–H groups in total. The van der Waals surface area contributed by atoms with Gasteiger partial charge in [-0.1, -0.05) is 0 Å².